The zero-order valence-corrected chi connectivity index (χ0v) is 12.6. The maximum absolute atomic E-state index is 11.7. The van der Waals surface area contributed by atoms with Gasteiger partial charge in [-0.25, -0.2) is 4.79 Å². The van der Waals surface area contributed by atoms with Crippen LogP contribution in [0.25, 0.3) is 0 Å². The van der Waals surface area contributed by atoms with E-state index in [-0.39, 0.29) is 24.7 Å². The molecule has 1 rings (SSSR count). The fourth-order valence-electron chi connectivity index (χ4n) is 1.71. The number of carboxylic acid groups (broad SMARTS) is 1. The quantitative estimate of drug-likeness (QED) is 0.540. The molecule has 0 fully saturated rings. The molecule has 2 N–H and O–H groups in total. The van der Waals surface area contributed by atoms with Crippen molar-refractivity contribution < 1.29 is 24.2 Å². The highest BCUT2D eigenvalue weighted by Crippen LogP contribution is 2.12. The molecule has 6 nitrogen and oxygen atoms in total. The highest BCUT2D eigenvalue weighted by molar-refractivity contribution is 5.93. The Morgan fingerprint density at radius 2 is 1.77 bits per heavy atom. The number of carboxylic acids is 1. The molecule has 0 saturated carbocycles. The van der Waals surface area contributed by atoms with Crippen molar-refractivity contribution in [1.29, 1.82) is 0 Å². The number of esters is 1. The van der Waals surface area contributed by atoms with Gasteiger partial charge in [-0.1, -0.05) is 13.3 Å². The number of unbranched alkanes of at least 4 members (excludes halogenated alkanes) is 1. The summed E-state index contributed by atoms with van der Waals surface area (Å²) in [5, 5.41) is 11.2. The Labute approximate surface area is 129 Å². The maximum Gasteiger partial charge on any atom is 0.338 e. The predicted octanol–water partition coefficient (Wildman–Crippen LogP) is 2.84. The molecule has 0 radical (unpaired) electrons. The zero-order valence-electron chi connectivity index (χ0n) is 12.6. The average Bonchev–Trinajstić information content (AvgIpc) is 2.47. The van der Waals surface area contributed by atoms with Crippen LogP contribution >= 0.6 is 0 Å². The normalized spacial score (nSPS) is 10.0. The molecule has 1 aromatic rings. The van der Waals surface area contributed by atoms with Crippen LogP contribution in [0.5, 0.6) is 0 Å². The lowest BCUT2D eigenvalue weighted by atomic mass is 10.2. The number of ether oxygens (including phenoxy) is 1. The molecule has 0 spiro atoms. The molecule has 1 amide bonds. The lowest BCUT2D eigenvalue weighted by molar-refractivity contribution is -0.137. The van der Waals surface area contributed by atoms with E-state index in [9.17, 15) is 14.4 Å². The van der Waals surface area contributed by atoms with Crippen molar-refractivity contribution in [2.75, 3.05) is 11.9 Å². The molecule has 0 aliphatic carbocycles. The van der Waals surface area contributed by atoms with Gasteiger partial charge in [0, 0.05) is 18.5 Å². The van der Waals surface area contributed by atoms with Crippen molar-refractivity contribution in [3.63, 3.8) is 0 Å². The number of carbonyl (C=O) groups is 3. The number of amides is 1. The molecule has 6 heteroatoms. The first-order valence-corrected chi connectivity index (χ1v) is 7.31. The van der Waals surface area contributed by atoms with Crippen LogP contribution in [0.2, 0.25) is 0 Å². The van der Waals surface area contributed by atoms with Crippen molar-refractivity contribution in [3.8, 4) is 0 Å². The number of benzene rings is 1. The standard InChI is InChI=1S/C16H21NO5/c1-2-3-11-22-16(21)12-7-9-13(10-8-12)17-14(18)5-4-6-15(19)20/h7-10H,2-6,11H2,1H3,(H,17,18)(H,19,20). The minimum absolute atomic E-state index is 0.0318. The van der Waals surface area contributed by atoms with Crippen LogP contribution in [0.1, 0.15) is 49.4 Å². The Morgan fingerprint density at radius 1 is 1.09 bits per heavy atom. The molecule has 1 aromatic carbocycles. The van der Waals surface area contributed by atoms with Crippen molar-refractivity contribution in [2.24, 2.45) is 0 Å². The van der Waals surface area contributed by atoms with Gasteiger partial charge >= 0.3 is 11.9 Å². The lowest BCUT2D eigenvalue weighted by Gasteiger charge is -2.07. The molecule has 0 heterocycles. The van der Waals surface area contributed by atoms with Crippen LogP contribution in [-0.4, -0.2) is 29.6 Å². The van der Waals surface area contributed by atoms with Crippen LogP contribution in [-0.2, 0) is 14.3 Å². The van der Waals surface area contributed by atoms with E-state index in [1.807, 2.05) is 6.92 Å². The van der Waals surface area contributed by atoms with Crippen LogP contribution in [0.4, 0.5) is 5.69 Å². The third-order valence-electron chi connectivity index (χ3n) is 2.93. The summed E-state index contributed by atoms with van der Waals surface area (Å²) in [7, 11) is 0. The summed E-state index contributed by atoms with van der Waals surface area (Å²) in [5.74, 6) is -1.55. The molecule has 0 aromatic heterocycles. The van der Waals surface area contributed by atoms with Gasteiger partial charge in [-0.2, -0.15) is 0 Å². The van der Waals surface area contributed by atoms with Gasteiger partial charge in [-0.15, -0.1) is 0 Å². The van der Waals surface area contributed by atoms with E-state index in [0.717, 1.165) is 12.8 Å². The van der Waals surface area contributed by atoms with E-state index in [1.54, 1.807) is 24.3 Å². The Kier molecular flexibility index (Phi) is 7.67. The summed E-state index contributed by atoms with van der Waals surface area (Å²) in [6, 6.07) is 6.40. The number of anilines is 1. The van der Waals surface area contributed by atoms with E-state index in [4.69, 9.17) is 9.84 Å². The second-order valence-electron chi connectivity index (χ2n) is 4.86. The first-order valence-electron chi connectivity index (χ1n) is 7.31. The van der Waals surface area contributed by atoms with Gasteiger partial charge in [0.05, 0.1) is 12.2 Å². The largest absolute Gasteiger partial charge is 0.481 e. The topological polar surface area (TPSA) is 92.7 Å². The van der Waals surface area contributed by atoms with Crippen LogP contribution in [0.15, 0.2) is 24.3 Å². The number of aliphatic carboxylic acids is 1. The summed E-state index contributed by atoms with van der Waals surface area (Å²) >= 11 is 0. The smallest absolute Gasteiger partial charge is 0.338 e. The highest BCUT2D eigenvalue weighted by Gasteiger charge is 2.08. The van der Waals surface area contributed by atoms with Gasteiger partial charge in [-0.3, -0.25) is 9.59 Å². The number of hydrogen-bond acceptors (Lipinski definition) is 4. The Morgan fingerprint density at radius 3 is 2.36 bits per heavy atom. The van der Waals surface area contributed by atoms with Gasteiger partial charge in [0.1, 0.15) is 0 Å². The fourth-order valence-corrected chi connectivity index (χ4v) is 1.71. The van der Waals surface area contributed by atoms with Gasteiger partial charge < -0.3 is 15.2 Å². The second-order valence-corrected chi connectivity index (χ2v) is 4.86. The highest BCUT2D eigenvalue weighted by atomic mass is 16.5. The fraction of sp³-hybridized carbons (Fsp3) is 0.438. The maximum atomic E-state index is 11.7. The van der Waals surface area contributed by atoms with Crippen LogP contribution in [0, 0.1) is 0 Å². The first kappa shape index (κ1) is 17.7. The number of rotatable bonds is 9. The Balaban J connectivity index is 2.42. The third kappa shape index (κ3) is 6.88. The SMILES string of the molecule is CCCCOC(=O)c1ccc(NC(=O)CCCC(=O)O)cc1. The van der Waals surface area contributed by atoms with Gasteiger partial charge in [0.2, 0.25) is 5.91 Å². The minimum Gasteiger partial charge on any atom is -0.481 e. The van der Waals surface area contributed by atoms with Gasteiger partial charge in [0.25, 0.3) is 0 Å². The van der Waals surface area contributed by atoms with Crippen molar-refractivity contribution in [2.45, 2.75) is 39.0 Å². The molecule has 22 heavy (non-hydrogen) atoms. The van der Waals surface area contributed by atoms with E-state index in [2.05, 4.69) is 5.32 Å². The summed E-state index contributed by atoms with van der Waals surface area (Å²) in [6.07, 6.45) is 2.20. The predicted molar refractivity (Wildman–Crippen MR) is 81.7 cm³/mol. The third-order valence-corrected chi connectivity index (χ3v) is 2.93. The first-order chi connectivity index (χ1) is 10.5. The number of hydrogen-bond donors (Lipinski definition) is 2. The van der Waals surface area contributed by atoms with Crippen LogP contribution in [0.3, 0.4) is 0 Å². The molecule has 0 unspecified atom stereocenters. The number of carbonyl (C=O) groups excluding carboxylic acids is 2. The van der Waals surface area contributed by atoms with E-state index in [1.165, 1.54) is 0 Å². The van der Waals surface area contributed by atoms with Gasteiger partial charge in [-0.05, 0) is 37.1 Å². The number of nitrogens with one attached hydrogen (secondary N) is 1. The average molecular weight is 307 g/mol. The second kappa shape index (κ2) is 9.55. The Hall–Kier alpha value is -2.37. The van der Waals surface area contributed by atoms with Gasteiger partial charge in [0.15, 0.2) is 0 Å². The van der Waals surface area contributed by atoms with Crippen molar-refractivity contribution in [1.82, 2.24) is 0 Å². The van der Waals surface area contributed by atoms with Crippen molar-refractivity contribution in [3.05, 3.63) is 29.8 Å². The monoisotopic (exact) mass is 307 g/mol. The van der Waals surface area contributed by atoms with Crippen LogP contribution < -0.4 is 5.32 Å². The minimum atomic E-state index is -0.918. The van der Waals surface area contributed by atoms with E-state index >= 15 is 0 Å². The molecular weight excluding hydrogens is 286 g/mol. The molecular formula is C16H21NO5. The lowest BCUT2D eigenvalue weighted by Crippen LogP contribution is -2.12. The van der Waals surface area contributed by atoms with Crippen molar-refractivity contribution >= 4 is 23.5 Å². The molecule has 0 saturated heterocycles. The summed E-state index contributed by atoms with van der Waals surface area (Å²) in [6.45, 7) is 2.42. The molecule has 0 atom stereocenters. The summed E-state index contributed by atoms with van der Waals surface area (Å²) in [4.78, 5) is 33.6. The summed E-state index contributed by atoms with van der Waals surface area (Å²) in [5.41, 5.74) is 0.991. The molecule has 0 bridgehead atoms. The zero-order chi connectivity index (χ0) is 16.4. The summed E-state index contributed by atoms with van der Waals surface area (Å²) < 4.78 is 5.08. The van der Waals surface area contributed by atoms with E-state index < -0.39 is 5.97 Å². The molecule has 0 aliphatic rings. The van der Waals surface area contributed by atoms with E-state index in [0.29, 0.717) is 24.3 Å². The molecule has 0 aliphatic heterocycles. The Bertz CT molecular complexity index is 510. The molecule has 120 valence electrons.